The molecule has 0 unspecified atom stereocenters. The van der Waals surface area contributed by atoms with Gasteiger partial charge < -0.3 is 26.8 Å². The molecule has 0 fully saturated rings. The van der Waals surface area contributed by atoms with Crippen molar-refractivity contribution in [3.8, 4) is 11.3 Å². The lowest BCUT2D eigenvalue weighted by atomic mass is 10.1. The zero-order valence-corrected chi connectivity index (χ0v) is 16.8. The van der Waals surface area contributed by atoms with E-state index in [1.165, 1.54) is 0 Å². The van der Waals surface area contributed by atoms with E-state index in [2.05, 4.69) is 20.6 Å². The molecular weight excluding hydrogens is 391 g/mol. The molecule has 10 heteroatoms. The molecule has 1 heterocycles. The highest BCUT2D eigenvalue weighted by atomic mass is 35.5. The SMILES string of the molecule is CCOCCNc1cnc(-c2cccc(Cl)c2Cl)c(N)n1.CNCC(N)=O. The number of rotatable bonds is 8. The molecule has 0 bridgehead atoms. The van der Waals surface area contributed by atoms with E-state index in [-0.39, 0.29) is 12.5 Å². The zero-order chi connectivity index (χ0) is 20.2. The number of nitrogen functional groups attached to an aromatic ring is 1. The van der Waals surface area contributed by atoms with Crippen molar-refractivity contribution in [3.63, 3.8) is 0 Å². The smallest absolute Gasteiger partial charge is 0.231 e. The summed E-state index contributed by atoms with van der Waals surface area (Å²) in [7, 11) is 1.67. The van der Waals surface area contributed by atoms with Crippen LogP contribution in [0.25, 0.3) is 11.3 Å². The van der Waals surface area contributed by atoms with Crippen LogP contribution >= 0.6 is 23.2 Å². The van der Waals surface area contributed by atoms with Crippen LogP contribution in [0.1, 0.15) is 6.92 Å². The van der Waals surface area contributed by atoms with Crippen molar-refractivity contribution in [1.29, 1.82) is 0 Å². The predicted octanol–water partition coefficient (Wildman–Crippen LogP) is 2.17. The normalized spacial score (nSPS) is 10.1. The number of hydrogen-bond donors (Lipinski definition) is 4. The van der Waals surface area contributed by atoms with Gasteiger partial charge in [-0.1, -0.05) is 35.3 Å². The molecule has 1 aromatic carbocycles. The first-order valence-corrected chi connectivity index (χ1v) is 8.97. The Morgan fingerprint density at radius 1 is 1.33 bits per heavy atom. The maximum Gasteiger partial charge on any atom is 0.231 e. The Hall–Kier alpha value is -2.13. The minimum absolute atomic E-state index is 0.264. The Bertz CT molecular complexity index is 745. The van der Waals surface area contributed by atoms with E-state index in [0.717, 1.165) is 0 Å². The number of primary amides is 1. The number of carbonyl (C=O) groups excluding carboxylic acids is 1. The number of nitrogens with zero attached hydrogens (tertiary/aromatic N) is 2. The molecular formula is C17H24Cl2N6O2. The van der Waals surface area contributed by atoms with Crippen LogP contribution in [0.4, 0.5) is 11.6 Å². The van der Waals surface area contributed by atoms with E-state index in [4.69, 9.17) is 39.4 Å². The number of nitrogens with two attached hydrogens (primary N) is 2. The minimum Gasteiger partial charge on any atom is -0.382 e. The zero-order valence-electron chi connectivity index (χ0n) is 15.3. The largest absolute Gasteiger partial charge is 0.382 e. The number of carbonyl (C=O) groups is 1. The van der Waals surface area contributed by atoms with Gasteiger partial charge in [0.15, 0.2) is 5.82 Å². The second-order valence-corrected chi connectivity index (χ2v) is 6.00. The molecule has 0 spiro atoms. The van der Waals surface area contributed by atoms with Crippen LogP contribution in [0.5, 0.6) is 0 Å². The summed E-state index contributed by atoms with van der Waals surface area (Å²) in [5.41, 5.74) is 11.8. The molecule has 0 saturated carbocycles. The van der Waals surface area contributed by atoms with E-state index in [9.17, 15) is 4.79 Å². The fraction of sp³-hybridized carbons (Fsp3) is 0.353. The van der Waals surface area contributed by atoms with Crippen molar-refractivity contribution >= 4 is 40.7 Å². The number of hydrogen-bond acceptors (Lipinski definition) is 7. The lowest BCUT2D eigenvalue weighted by Crippen LogP contribution is -2.25. The van der Waals surface area contributed by atoms with Gasteiger partial charge in [0.1, 0.15) is 11.5 Å². The summed E-state index contributed by atoms with van der Waals surface area (Å²) in [5, 5.41) is 6.55. The summed E-state index contributed by atoms with van der Waals surface area (Å²) in [6.07, 6.45) is 1.61. The molecule has 6 N–H and O–H groups in total. The molecule has 148 valence electrons. The number of likely N-dealkylation sites (N-methyl/N-ethyl adjacent to an activating group) is 1. The third-order valence-corrected chi connectivity index (χ3v) is 3.93. The van der Waals surface area contributed by atoms with E-state index < -0.39 is 0 Å². The Labute approximate surface area is 168 Å². The third kappa shape index (κ3) is 7.96. The van der Waals surface area contributed by atoms with Gasteiger partial charge in [-0.3, -0.25) is 4.79 Å². The first-order valence-electron chi connectivity index (χ1n) is 8.22. The number of ether oxygens (including phenoxy) is 1. The summed E-state index contributed by atoms with van der Waals surface area (Å²) in [6, 6.07) is 5.30. The summed E-state index contributed by atoms with van der Waals surface area (Å²) in [5.74, 6) is 0.562. The average molecular weight is 415 g/mol. The van der Waals surface area contributed by atoms with Gasteiger partial charge in [0.2, 0.25) is 5.91 Å². The monoisotopic (exact) mass is 414 g/mol. The van der Waals surface area contributed by atoms with E-state index in [1.807, 2.05) is 6.92 Å². The summed E-state index contributed by atoms with van der Waals surface area (Å²) >= 11 is 12.2. The second-order valence-electron chi connectivity index (χ2n) is 5.21. The maximum absolute atomic E-state index is 9.76. The molecule has 0 aliphatic rings. The van der Waals surface area contributed by atoms with Crippen LogP contribution in [0.15, 0.2) is 24.4 Å². The molecule has 2 rings (SSSR count). The molecule has 0 atom stereocenters. The summed E-state index contributed by atoms with van der Waals surface area (Å²) < 4.78 is 5.23. The first-order chi connectivity index (χ1) is 12.9. The lowest BCUT2D eigenvalue weighted by Gasteiger charge is -2.10. The topological polar surface area (TPSA) is 128 Å². The molecule has 27 heavy (non-hydrogen) atoms. The van der Waals surface area contributed by atoms with Crippen LogP contribution in [-0.2, 0) is 9.53 Å². The van der Waals surface area contributed by atoms with E-state index >= 15 is 0 Å². The molecule has 0 radical (unpaired) electrons. The molecule has 0 saturated heterocycles. The van der Waals surface area contributed by atoms with Gasteiger partial charge in [-0.25, -0.2) is 9.97 Å². The van der Waals surface area contributed by atoms with Crippen LogP contribution in [-0.4, -0.2) is 49.2 Å². The molecule has 8 nitrogen and oxygen atoms in total. The van der Waals surface area contributed by atoms with Crippen LogP contribution in [0, 0.1) is 0 Å². The number of halogens is 2. The van der Waals surface area contributed by atoms with Crippen molar-refractivity contribution in [2.24, 2.45) is 5.73 Å². The van der Waals surface area contributed by atoms with Gasteiger partial charge in [0.05, 0.1) is 29.4 Å². The summed E-state index contributed by atoms with van der Waals surface area (Å²) in [6.45, 7) is 4.13. The standard InChI is InChI=1S/C14H16Cl2N4O.C3H8N2O/c1-2-21-7-6-18-11-8-19-13(14(17)20-11)9-4-3-5-10(15)12(9)16;1-5-2-3(4)6/h3-5,8H,2,6-7H2,1H3,(H3,17,18,20);5H,2H2,1H3,(H2,4,6). The fourth-order valence-corrected chi connectivity index (χ4v) is 2.34. The number of amides is 1. The molecule has 2 aromatic rings. The molecule has 1 amide bonds. The highest BCUT2D eigenvalue weighted by molar-refractivity contribution is 6.43. The van der Waals surface area contributed by atoms with Crippen molar-refractivity contribution in [3.05, 3.63) is 34.4 Å². The van der Waals surface area contributed by atoms with Gasteiger partial charge in [-0.05, 0) is 20.0 Å². The third-order valence-electron chi connectivity index (χ3n) is 3.11. The fourth-order valence-electron chi connectivity index (χ4n) is 1.95. The van der Waals surface area contributed by atoms with Crippen molar-refractivity contribution < 1.29 is 9.53 Å². The van der Waals surface area contributed by atoms with Gasteiger partial charge in [-0.15, -0.1) is 0 Å². The predicted molar refractivity (Wildman–Crippen MR) is 110 cm³/mol. The Balaban J connectivity index is 0.000000527. The van der Waals surface area contributed by atoms with E-state index in [1.54, 1.807) is 31.4 Å². The van der Waals surface area contributed by atoms with Crippen molar-refractivity contribution in [1.82, 2.24) is 15.3 Å². The van der Waals surface area contributed by atoms with Crippen molar-refractivity contribution in [2.75, 3.05) is 44.4 Å². The number of aromatic nitrogens is 2. The Morgan fingerprint density at radius 2 is 2.07 bits per heavy atom. The highest BCUT2D eigenvalue weighted by Crippen LogP contribution is 2.34. The molecule has 0 aliphatic carbocycles. The molecule has 0 aliphatic heterocycles. The van der Waals surface area contributed by atoms with E-state index in [0.29, 0.717) is 52.7 Å². The highest BCUT2D eigenvalue weighted by Gasteiger charge is 2.12. The lowest BCUT2D eigenvalue weighted by molar-refractivity contribution is -0.117. The Kier molecular flexibility index (Phi) is 10.4. The van der Waals surface area contributed by atoms with Gasteiger partial charge >= 0.3 is 0 Å². The number of benzene rings is 1. The maximum atomic E-state index is 9.76. The molecule has 1 aromatic heterocycles. The van der Waals surface area contributed by atoms with Gasteiger partial charge in [0, 0.05) is 18.7 Å². The average Bonchev–Trinajstić information content (AvgIpc) is 2.62. The first kappa shape index (κ1) is 22.9. The van der Waals surface area contributed by atoms with Gasteiger partial charge in [-0.2, -0.15) is 0 Å². The number of nitrogens with one attached hydrogen (secondary N) is 2. The minimum atomic E-state index is -0.322. The Morgan fingerprint density at radius 3 is 2.63 bits per heavy atom. The quantitative estimate of drug-likeness (QED) is 0.487. The van der Waals surface area contributed by atoms with Gasteiger partial charge in [0.25, 0.3) is 0 Å². The second kappa shape index (κ2) is 12.3. The number of anilines is 2. The summed E-state index contributed by atoms with van der Waals surface area (Å²) in [4.78, 5) is 18.3. The van der Waals surface area contributed by atoms with Crippen LogP contribution in [0.2, 0.25) is 10.0 Å². The van der Waals surface area contributed by atoms with Crippen LogP contribution in [0.3, 0.4) is 0 Å². The van der Waals surface area contributed by atoms with Crippen LogP contribution < -0.4 is 22.1 Å². The van der Waals surface area contributed by atoms with Crippen molar-refractivity contribution in [2.45, 2.75) is 6.92 Å².